The number of nitrogens with zero attached hydrogens (tertiary/aromatic N) is 2. The average molecular weight is 301 g/mol. The number of hydrogen-bond acceptors (Lipinski definition) is 5. The molecular formula is C15H15N3O4. The average Bonchev–Trinajstić information content (AvgIpc) is 2.54. The highest BCUT2D eigenvalue weighted by molar-refractivity contribution is 5.80. The quantitative estimate of drug-likeness (QED) is 0.836. The van der Waals surface area contributed by atoms with Gasteiger partial charge >= 0.3 is 12.1 Å². The normalized spacial score (nSPS) is 11.5. The minimum atomic E-state index is -1.16. The zero-order valence-corrected chi connectivity index (χ0v) is 11.7. The third-order valence-electron chi connectivity index (χ3n) is 2.86. The van der Waals surface area contributed by atoms with E-state index in [0.717, 1.165) is 5.56 Å². The van der Waals surface area contributed by atoms with Crippen molar-refractivity contribution in [3.8, 4) is 0 Å². The second-order valence-corrected chi connectivity index (χ2v) is 4.50. The highest BCUT2D eigenvalue weighted by Crippen LogP contribution is 2.02. The SMILES string of the molecule is O=C(NC(Cc1ccncn1)C(=O)O)OCc1ccccc1. The van der Waals surface area contributed by atoms with Crippen molar-refractivity contribution in [2.45, 2.75) is 19.1 Å². The number of carboxylic acid groups (broad SMARTS) is 1. The van der Waals surface area contributed by atoms with Crippen LogP contribution in [-0.2, 0) is 22.6 Å². The van der Waals surface area contributed by atoms with E-state index >= 15 is 0 Å². The summed E-state index contributed by atoms with van der Waals surface area (Å²) in [7, 11) is 0. The lowest BCUT2D eigenvalue weighted by Crippen LogP contribution is -2.42. The molecule has 1 atom stereocenters. The summed E-state index contributed by atoms with van der Waals surface area (Å²) in [4.78, 5) is 30.6. The molecule has 0 saturated carbocycles. The maximum absolute atomic E-state index is 11.7. The molecule has 2 N–H and O–H groups in total. The third-order valence-corrected chi connectivity index (χ3v) is 2.86. The summed E-state index contributed by atoms with van der Waals surface area (Å²) in [6.45, 7) is 0.0759. The van der Waals surface area contributed by atoms with Crippen molar-refractivity contribution in [1.82, 2.24) is 15.3 Å². The fourth-order valence-corrected chi connectivity index (χ4v) is 1.76. The van der Waals surface area contributed by atoms with Gasteiger partial charge in [0, 0.05) is 18.3 Å². The molecule has 1 unspecified atom stereocenters. The predicted molar refractivity (Wildman–Crippen MR) is 76.9 cm³/mol. The van der Waals surface area contributed by atoms with Gasteiger partial charge in [-0.25, -0.2) is 19.6 Å². The van der Waals surface area contributed by atoms with E-state index in [1.807, 2.05) is 30.3 Å². The van der Waals surface area contributed by atoms with Crippen LogP contribution in [0.15, 0.2) is 48.9 Å². The van der Waals surface area contributed by atoms with Crippen LogP contribution in [0, 0.1) is 0 Å². The van der Waals surface area contributed by atoms with Crippen molar-refractivity contribution in [3.63, 3.8) is 0 Å². The Hall–Kier alpha value is -2.96. The summed E-state index contributed by atoms with van der Waals surface area (Å²) >= 11 is 0. The van der Waals surface area contributed by atoms with E-state index < -0.39 is 18.1 Å². The van der Waals surface area contributed by atoms with Crippen LogP contribution in [0.4, 0.5) is 4.79 Å². The van der Waals surface area contributed by atoms with E-state index in [1.165, 1.54) is 12.5 Å². The number of alkyl carbamates (subject to hydrolysis) is 1. The van der Waals surface area contributed by atoms with Gasteiger partial charge in [0.25, 0.3) is 0 Å². The second-order valence-electron chi connectivity index (χ2n) is 4.50. The van der Waals surface area contributed by atoms with Crippen molar-refractivity contribution in [2.24, 2.45) is 0 Å². The summed E-state index contributed by atoms with van der Waals surface area (Å²) in [6.07, 6.45) is 2.10. The first-order valence-electron chi connectivity index (χ1n) is 6.60. The van der Waals surface area contributed by atoms with E-state index in [2.05, 4.69) is 15.3 Å². The monoisotopic (exact) mass is 301 g/mol. The molecule has 22 heavy (non-hydrogen) atoms. The number of aliphatic carboxylic acids is 1. The van der Waals surface area contributed by atoms with Crippen molar-refractivity contribution in [3.05, 3.63) is 60.2 Å². The first-order valence-corrected chi connectivity index (χ1v) is 6.60. The molecule has 0 radical (unpaired) electrons. The maximum Gasteiger partial charge on any atom is 0.408 e. The van der Waals surface area contributed by atoms with Crippen molar-refractivity contribution < 1.29 is 19.4 Å². The number of amides is 1. The van der Waals surface area contributed by atoms with Crippen LogP contribution in [0.25, 0.3) is 0 Å². The summed E-state index contributed by atoms with van der Waals surface area (Å²) in [5, 5.41) is 11.5. The van der Waals surface area contributed by atoms with Gasteiger partial charge in [-0.1, -0.05) is 30.3 Å². The van der Waals surface area contributed by atoms with Crippen LogP contribution in [0.5, 0.6) is 0 Å². The summed E-state index contributed by atoms with van der Waals surface area (Å²) in [5.74, 6) is -1.16. The molecule has 2 rings (SSSR count). The standard InChI is InChI=1S/C15H15N3O4/c19-14(20)13(8-12-6-7-16-10-17-12)18-15(21)22-9-11-4-2-1-3-5-11/h1-7,10,13H,8-9H2,(H,18,21)(H,19,20). The highest BCUT2D eigenvalue weighted by Gasteiger charge is 2.21. The largest absolute Gasteiger partial charge is 0.480 e. The predicted octanol–water partition coefficient (Wildman–Crippen LogP) is 1.40. The van der Waals surface area contributed by atoms with E-state index in [9.17, 15) is 9.59 Å². The van der Waals surface area contributed by atoms with Gasteiger partial charge < -0.3 is 15.2 Å². The molecule has 0 fully saturated rings. The summed E-state index contributed by atoms with van der Waals surface area (Å²) in [5.41, 5.74) is 1.34. The lowest BCUT2D eigenvalue weighted by atomic mass is 10.1. The molecule has 7 heteroatoms. The van der Waals surface area contributed by atoms with Gasteiger partial charge in [-0.3, -0.25) is 0 Å². The van der Waals surface area contributed by atoms with Gasteiger partial charge in [0.05, 0.1) is 0 Å². The number of nitrogens with one attached hydrogen (secondary N) is 1. The Kier molecular flexibility index (Phi) is 5.42. The van der Waals surface area contributed by atoms with Crippen LogP contribution in [0.3, 0.4) is 0 Å². The molecule has 0 bridgehead atoms. The molecule has 1 aromatic carbocycles. The number of carbonyl (C=O) groups excluding carboxylic acids is 1. The maximum atomic E-state index is 11.7. The summed E-state index contributed by atoms with van der Waals surface area (Å²) < 4.78 is 5.00. The fourth-order valence-electron chi connectivity index (χ4n) is 1.76. The van der Waals surface area contributed by atoms with Crippen LogP contribution in [0.1, 0.15) is 11.3 Å². The Morgan fingerprint density at radius 2 is 2.00 bits per heavy atom. The number of ether oxygens (including phenoxy) is 1. The fraction of sp³-hybridized carbons (Fsp3) is 0.200. The molecule has 0 aliphatic rings. The molecule has 0 saturated heterocycles. The zero-order chi connectivity index (χ0) is 15.8. The minimum absolute atomic E-state index is 0.0539. The van der Waals surface area contributed by atoms with Gasteiger partial charge in [0.1, 0.15) is 19.0 Å². The molecule has 7 nitrogen and oxygen atoms in total. The number of hydrogen-bond donors (Lipinski definition) is 2. The lowest BCUT2D eigenvalue weighted by Gasteiger charge is -2.14. The molecule has 1 amide bonds. The van der Waals surface area contributed by atoms with Crippen LogP contribution < -0.4 is 5.32 Å². The molecule has 1 heterocycles. The molecule has 1 aromatic heterocycles. The Bertz CT molecular complexity index is 619. The first kappa shape index (κ1) is 15.4. The van der Waals surface area contributed by atoms with Crippen molar-refractivity contribution in [2.75, 3.05) is 0 Å². The number of benzene rings is 1. The minimum Gasteiger partial charge on any atom is -0.480 e. The zero-order valence-electron chi connectivity index (χ0n) is 11.7. The van der Waals surface area contributed by atoms with Gasteiger partial charge in [0.2, 0.25) is 0 Å². The Morgan fingerprint density at radius 1 is 1.23 bits per heavy atom. The third kappa shape index (κ3) is 4.86. The van der Waals surface area contributed by atoms with Crippen molar-refractivity contribution >= 4 is 12.1 Å². The van der Waals surface area contributed by atoms with Crippen LogP contribution in [0.2, 0.25) is 0 Å². The number of carboxylic acids is 1. The molecule has 2 aromatic rings. The topological polar surface area (TPSA) is 101 Å². The van der Waals surface area contributed by atoms with Gasteiger partial charge in [-0.2, -0.15) is 0 Å². The van der Waals surface area contributed by atoms with Gasteiger partial charge in [-0.05, 0) is 11.6 Å². The number of carbonyl (C=O) groups is 2. The summed E-state index contributed by atoms with van der Waals surface area (Å²) in [6, 6.07) is 9.60. The smallest absolute Gasteiger partial charge is 0.408 e. The molecule has 114 valence electrons. The number of aromatic nitrogens is 2. The molecule has 0 aliphatic carbocycles. The van der Waals surface area contributed by atoms with Crippen LogP contribution >= 0.6 is 0 Å². The van der Waals surface area contributed by atoms with Crippen LogP contribution in [-0.4, -0.2) is 33.2 Å². The molecule has 0 spiro atoms. The van der Waals surface area contributed by atoms with E-state index in [0.29, 0.717) is 5.69 Å². The second kappa shape index (κ2) is 7.72. The van der Waals surface area contributed by atoms with E-state index in [-0.39, 0.29) is 13.0 Å². The number of rotatable bonds is 6. The van der Waals surface area contributed by atoms with Crippen molar-refractivity contribution in [1.29, 1.82) is 0 Å². The van der Waals surface area contributed by atoms with Gasteiger partial charge in [-0.15, -0.1) is 0 Å². The molecule has 0 aliphatic heterocycles. The Morgan fingerprint density at radius 3 is 2.64 bits per heavy atom. The Labute approximate surface area is 127 Å². The van der Waals surface area contributed by atoms with E-state index in [1.54, 1.807) is 6.07 Å². The van der Waals surface area contributed by atoms with Gasteiger partial charge in [0.15, 0.2) is 0 Å². The Balaban J connectivity index is 1.88. The lowest BCUT2D eigenvalue weighted by molar-refractivity contribution is -0.139. The van der Waals surface area contributed by atoms with E-state index in [4.69, 9.17) is 9.84 Å². The first-order chi connectivity index (χ1) is 10.6. The molecular weight excluding hydrogens is 286 g/mol. The highest BCUT2D eigenvalue weighted by atomic mass is 16.5.